The Balaban J connectivity index is 2.32. The number of nitrogens with one attached hydrogen (secondary N) is 1. The van der Waals surface area contributed by atoms with Crippen LogP contribution < -0.4 is 5.32 Å². The smallest absolute Gasteiger partial charge is 0.00180 e. The second-order valence-corrected chi connectivity index (χ2v) is 5.74. The molecule has 16 heavy (non-hydrogen) atoms. The maximum atomic E-state index is 3.55. The summed E-state index contributed by atoms with van der Waals surface area (Å²) >= 11 is 0. The van der Waals surface area contributed by atoms with Crippen molar-refractivity contribution < 1.29 is 0 Å². The van der Waals surface area contributed by atoms with Crippen LogP contribution in [0.4, 0.5) is 0 Å². The molecule has 0 heterocycles. The van der Waals surface area contributed by atoms with Crippen LogP contribution in [0.15, 0.2) is 0 Å². The van der Waals surface area contributed by atoms with Crippen molar-refractivity contribution in [3.8, 4) is 0 Å². The molecule has 1 nitrogen and oxygen atoms in total. The van der Waals surface area contributed by atoms with Gasteiger partial charge in [0.1, 0.15) is 0 Å². The number of rotatable bonds is 7. The first kappa shape index (κ1) is 14.0. The van der Waals surface area contributed by atoms with Crippen molar-refractivity contribution in [3.05, 3.63) is 0 Å². The van der Waals surface area contributed by atoms with Crippen molar-refractivity contribution in [3.63, 3.8) is 0 Å². The molecule has 3 atom stereocenters. The summed E-state index contributed by atoms with van der Waals surface area (Å²) in [6, 6.07) is 0. The zero-order chi connectivity index (χ0) is 11.8. The van der Waals surface area contributed by atoms with Crippen LogP contribution in [0.1, 0.15) is 65.7 Å². The van der Waals surface area contributed by atoms with Gasteiger partial charge in [-0.3, -0.25) is 0 Å². The Kier molecular flexibility index (Phi) is 7.11. The monoisotopic (exact) mass is 225 g/mol. The van der Waals surface area contributed by atoms with Gasteiger partial charge in [-0.1, -0.05) is 52.9 Å². The first-order valence-corrected chi connectivity index (χ1v) is 7.48. The van der Waals surface area contributed by atoms with E-state index < -0.39 is 0 Å². The van der Waals surface area contributed by atoms with E-state index in [4.69, 9.17) is 0 Å². The predicted octanol–water partition coefficient (Wildman–Crippen LogP) is 4.23. The molecule has 0 aromatic rings. The molecule has 96 valence electrons. The molecular weight excluding hydrogens is 194 g/mol. The summed E-state index contributed by atoms with van der Waals surface area (Å²) in [5.41, 5.74) is 0. The van der Waals surface area contributed by atoms with Gasteiger partial charge in [-0.25, -0.2) is 0 Å². The van der Waals surface area contributed by atoms with E-state index in [1.54, 1.807) is 0 Å². The highest BCUT2D eigenvalue weighted by atomic mass is 14.8. The lowest BCUT2D eigenvalue weighted by molar-refractivity contribution is 0.172. The Hall–Kier alpha value is -0.0400. The average Bonchev–Trinajstić information content (AvgIpc) is 2.28. The van der Waals surface area contributed by atoms with E-state index in [9.17, 15) is 0 Å². The molecule has 0 aromatic carbocycles. The molecule has 1 aliphatic carbocycles. The Labute approximate surface area is 102 Å². The van der Waals surface area contributed by atoms with Crippen molar-refractivity contribution in [2.45, 2.75) is 65.7 Å². The highest BCUT2D eigenvalue weighted by Crippen LogP contribution is 2.36. The Bertz CT molecular complexity index is 165. The van der Waals surface area contributed by atoms with Gasteiger partial charge in [0.2, 0.25) is 0 Å². The quantitative estimate of drug-likeness (QED) is 0.639. The topological polar surface area (TPSA) is 12.0 Å². The van der Waals surface area contributed by atoms with Crippen LogP contribution in [0.2, 0.25) is 0 Å². The highest BCUT2D eigenvalue weighted by Gasteiger charge is 2.27. The summed E-state index contributed by atoms with van der Waals surface area (Å²) in [6.07, 6.45) is 10.1. The molecule has 1 N–H and O–H groups in total. The van der Waals surface area contributed by atoms with Crippen LogP contribution in [0.5, 0.6) is 0 Å². The Morgan fingerprint density at radius 3 is 2.56 bits per heavy atom. The number of unbranched alkanes of at least 4 members (excludes halogenated alkanes) is 2. The lowest BCUT2D eigenvalue weighted by Gasteiger charge is -2.35. The second kappa shape index (κ2) is 8.11. The molecule has 1 rings (SSSR count). The minimum absolute atomic E-state index is 0.966. The summed E-state index contributed by atoms with van der Waals surface area (Å²) in [6.45, 7) is 9.36. The largest absolute Gasteiger partial charge is 0.317 e. The molecule has 0 aromatic heterocycles. The van der Waals surface area contributed by atoms with E-state index in [0.29, 0.717) is 0 Å². The number of hydrogen-bond acceptors (Lipinski definition) is 1. The predicted molar refractivity (Wildman–Crippen MR) is 72.7 cm³/mol. The molecule has 1 saturated carbocycles. The molecule has 0 saturated heterocycles. The van der Waals surface area contributed by atoms with Crippen molar-refractivity contribution in [2.24, 2.45) is 17.8 Å². The Morgan fingerprint density at radius 1 is 1.06 bits per heavy atom. The van der Waals surface area contributed by atoms with Crippen molar-refractivity contribution in [1.29, 1.82) is 0 Å². The van der Waals surface area contributed by atoms with Crippen LogP contribution >= 0.6 is 0 Å². The lowest BCUT2D eigenvalue weighted by Crippen LogP contribution is -2.32. The molecule has 0 spiro atoms. The zero-order valence-electron chi connectivity index (χ0n) is 11.6. The van der Waals surface area contributed by atoms with Gasteiger partial charge in [0.05, 0.1) is 0 Å². The van der Waals surface area contributed by atoms with Gasteiger partial charge in [0.25, 0.3) is 0 Å². The Morgan fingerprint density at radius 2 is 1.88 bits per heavy atom. The first-order valence-electron chi connectivity index (χ1n) is 7.48. The molecular formula is C15H31N. The minimum Gasteiger partial charge on any atom is -0.317 e. The summed E-state index contributed by atoms with van der Waals surface area (Å²) in [7, 11) is 0. The van der Waals surface area contributed by atoms with Gasteiger partial charge in [0, 0.05) is 0 Å². The second-order valence-electron chi connectivity index (χ2n) is 5.74. The van der Waals surface area contributed by atoms with E-state index in [1.165, 1.54) is 51.5 Å². The highest BCUT2D eigenvalue weighted by molar-refractivity contribution is 4.80. The minimum atomic E-state index is 0.966. The van der Waals surface area contributed by atoms with E-state index in [-0.39, 0.29) is 0 Å². The fourth-order valence-electron chi connectivity index (χ4n) is 3.17. The standard InChI is InChI=1S/C15H31N/c1-4-6-7-8-14-11-13(3)9-10-15(14)12-16-5-2/h13-16H,4-12H2,1-3H3. The van der Waals surface area contributed by atoms with E-state index in [2.05, 4.69) is 26.1 Å². The summed E-state index contributed by atoms with van der Waals surface area (Å²) in [5, 5.41) is 3.55. The van der Waals surface area contributed by atoms with E-state index in [1.807, 2.05) is 0 Å². The molecule has 0 radical (unpaired) electrons. The third-order valence-electron chi connectivity index (χ3n) is 4.24. The SMILES string of the molecule is CCCCCC1CC(C)CCC1CNCC. The van der Waals surface area contributed by atoms with Crippen LogP contribution in [0.25, 0.3) is 0 Å². The van der Waals surface area contributed by atoms with Crippen molar-refractivity contribution in [2.75, 3.05) is 13.1 Å². The zero-order valence-corrected chi connectivity index (χ0v) is 11.6. The molecule has 0 bridgehead atoms. The molecule has 0 aliphatic heterocycles. The fourth-order valence-corrected chi connectivity index (χ4v) is 3.17. The summed E-state index contributed by atoms with van der Waals surface area (Å²) in [4.78, 5) is 0. The first-order chi connectivity index (χ1) is 7.77. The normalized spacial score (nSPS) is 30.6. The van der Waals surface area contributed by atoms with Crippen LogP contribution in [0, 0.1) is 17.8 Å². The third kappa shape index (κ3) is 4.86. The molecule has 1 heteroatoms. The van der Waals surface area contributed by atoms with Gasteiger partial charge in [-0.15, -0.1) is 0 Å². The maximum Gasteiger partial charge on any atom is -0.00180 e. The lowest BCUT2D eigenvalue weighted by atomic mass is 9.72. The van der Waals surface area contributed by atoms with E-state index in [0.717, 1.165) is 24.3 Å². The summed E-state index contributed by atoms with van der Waals surface area (Å²) < 4.78 is 0. The van der Waals surface area contributed by atoms with Gasteiger partial charge in [0.15, 0.2) is 0 Å². The van der Waals surface area contributed by atoms with E-state index >= 15 is 0 Å². The van der Waals surface area contributed by atoms with Gasteiger partial charge >= 0.3 is 0 Å². The molecule has 1 aliphatic rings. The summed E-state index contributed by atoms with van der Waals surface area (Å²) in [5.74, 6) is 2.95. The van der Waals surface area contributed by atoms with Crippen molar-refractivity contribution in [1.82, 2.24) is 5.32 Å². The third-order valence-corrected chi connectivity index (χ3v) is 4.24. The maximum absolute atomic E-state index is 3.55. The van der Waals surface area contributed by atoms with Gasteiger partial charge < -0.3 is 5.32 Å². The molecule has 3 unspecified atom stereocenters. The number of hydrogen-bond donors (Lipinski definition) is 1. The van der Waals surface area contributed by atoms with Crippen LogP contribution in [-0.4, -0.2) is 13.1 Å². The fraction of sp³-hybridized carbons (Fsp3) is 1.00. The average molecular weight is 225 g/mol. The van der Waals surface area contributed by atoms with Crippen LogP contribution in [-0.2, 0) is 0 Å². The van der Waals surface area contributed by atoms with Gasteiger partial charge in [-0.05, 0) is 43.7 Å². The molecule has 1 fully saturated rings. The van der Waals surface area contributed by atoms with Gasteiger partial charge in [-0.2, -0.15) is 0 Å². The van der Waals surface area contributed by atoms with Crippen LogP contribution in [0.3, 0.4) is 0 Å². The van der Waals surface area contributed by atoms with Crippen molar-refractivity contribution >= 4 is 0 Å². The molecule has 0 amide bonds.